The molecule has 1 heterocycles. The van der Waals surface area contributed by atoms with Crippen LogP contribution in [0.4, 0.5) is 5.69 Å². The van der Waals surface area contributed by atoms with Gasteiger partial charge < -0.3 is 11.1 Å². The third-order valence-electron chi connectivity index (χ3n) is 2.04. The fourth-order valence-electron chi connectivity index (χ4n) is 0.977. The smallest absolute Gasteiger partial charge is 0.241 e. The first kappa shape index (κ1) is 11.6. The first-order valence-electron chi connectivity index (χ1n) is 4.72. The molecule has 1 rings (SSSR count). The number of carbonyl (C=O) groups excluding carboxylic acids is 1. The Balaban J connectivity index is 2.65. The van der Waals surface area contributed by atoms with Crippen LogP contribution < -0.4 is 11.1 Å². The lowest BCUT2D eigenvalue weighted by Crippen LogP contribution is -2.45. The maximum absolute atomic E-state index is 11.7. The number of anilines is 1. The van der Waals surface area contributed by atoms with E-state index in [4.69, 9.17) is 5.73 Å². The van der Waals surface area contributed by atoms with Gasteiger partial charge in [0.15, 0.2) is 0 Å². The minimum atomic E-state index is -0.558. The van der Waals surface area contributed by atoms with Crippen molar-refractivity contribution in [2.45, 2.75) is 26.8 Å². The van der Waals surface area contributed by atoms with Gasteiger partial charge in [-0.2, -0.15) is 0 Å². The van der Waals surface area contributed by atoms with Crippen LogP contribution in [0, 0.1) is 5.41 Å². The van der Waals surface area contributed by atoms with E-state index in [2.05, 4.69) is 15.3 Å². The quantitative estimate of drug-likeness (QED) is 0.752. The summed E-state index contributed by atoms with van der Waals surface area (Å²) in [6.07, 6.45) is 4.46. The maximum Gasteiger partial charge on any atom is 0.241 e. The molecule has 1 atom stereocenters. The molecule has 0 radical (unpaired) electrons. The molecule has 0 aliphatic heterocycles. The van der Waals surface area contributed by atoms with Crippen molar-refractivity contribution in [2.75, 3.05) is 5.32 Å². The molecule has 5 nitrogen and oxygen atoms in total. The van der Waals surface area contributed by atoms with E-state index in [9.17, 15) is 4.79 Å². The highest BCUT2D eigenvalue weighted by atomic mass is 16.2. The van der Waals surface area contributed by atoms with E-state index < -0.39 is 6.04 Å². The van der Waals surface area contributed by atoms with Crippen LogP contribution in [0.15, 0.2) is 18.7 Å². The van der Waals surface area contributed by atoms with E-state index in [1.807, 2.05) is 20.8 Å². The van der Waals surface area contributed by atoms with Crippen molar-refractivity contribution in [1.82, 2.24) is 9.97 Å². The third-order valence-corrected chi connectivity index (χ3v) is 2.04. The van der Waals surface area contributed by atoms with Gasteiger partial charge in [0, 0.05) is 0 Å². The zero-order valence-electron chi connectivity index (χ0n) is 9.19. The second-order valence-corrected chi connectivity index (χ2v) is 4.46. The van der Waals surface area contributed by atoms with Crippen molar-refractivity contribution in [2.24, 2.45) is 11.1 Å². The minimum absolute atomic E-state index is 0.225. The summed E-state index contributed by atoms with van der Waals surface area (Å²) in [4.78, 5) is 19.3. The molecule has 0 saturated carbocycles. The summed E-state index contributed by atoms with van der Waals surface area (Å²) in [5, 5.41) is 2.66. The molecule has 1 amide bonds. The average molecular weight is 208 g/mol. The van der Waals surface area contributed by atoms with Gasteiger partial charge in [0.1, 0.15) is 6.33 Å². The number of nitrogens with two attached hydrogens (primary N) is 1. The summed E-state index contributed by atoms with van der Waals surface area (Å²) in [5.41, 5.74) is 6.08. The minimum Gasteiger partial charge on any atom is -0.322 e. The lowest BCUT2D eigenvalue weighted by Gasteiger charge is -2.25. The molecule has 0 aromatic carbocycles. The van der Waals surface area contributed by atoms with E-state index in [1.54, 1.807) is 0 Å². The number of aromatic nitrogens is 2. The summed E-state index contributed by atoms with van der Waals surface area (Å²) in [5.74, 6) is -0.225. The van der Waals surface area contributed by atoms with Crippen LogP contribution >= 0.6 is 0 Å². The van der Waals surface area contributed by atoms with Crippen LogP contribution in [0.5, 0.6) is 0 Å². The van der Waals surface area contributed by atoms with Gasteiger partial charge in [-0.1, -0.05) is 20.8 Å². The van der Waals surface area contributed by atoms with Gasteiger partial charge in [-0.05, 0) is 5.41 Å². The highest BCUT2D eigenvalue weighted by Crippen LogP contribution is 2.18. The van der Waals surface area contributed by atoms with Crippen LogP contribution in [0.3, 0.4) is 0 Å². The first-order valence-corrected chi connectivity index (χ1v) is 4.72. The molecule has 0 aliphatic carbocycles. The Morgan fingerprint density at radius 1 is 1.40 bits per heavy atom. The molecular weight excluding hydrogens is 192 g/mol. The van der Waals surface area contributed by atoms with E-state index in [1.165, 1.54) is 18.7 Å². The van der Waals surface area contributed by atoms with Gasteiger partial charge in [0.2, 0.25) is 5.91 Å². The van der Waals surface area contributed by atoms with Gasteiger partial charge in [-0.25, -0.2) is 9.97 Å². The molecule has 0 spiro atoms. The van der Waals surface area contributed by atoms with Crippen molar-refractivity contribution < 1.29 is 4.79 Å². The van der Waals surface area contributed by atoms with Crippen molar-refractivity contribution in [1.29, 1.82) is 0 Å². The van der Waals surface area contributed by atoms with Gasteiger partial charge in [-0.15, -0.1) is 0 Å². The second kappa shape index (κ2) is 4.35. The van der Waals surface area contributed by atoms with Crippen molar-refractivity contribution in [3.05, 3.63) is 18.7 Å². The Morgan fingerprint density at radius 2 is 1.93 bits per heavy atom. The van der Waals surface area contributed by atoms with Gasteiger partial charge >= 0.3 is 0 Å². The number of rotatable bonds is 2. The highest BCUT2D eigenvalue weighted by Gasteiger charge is 2.27. The summed E-state index contributed by atoms with van der Waals surface area (Å²) in [6, 6.07) is -0.558. The molecule has 0 bridgehead atoms. The Labute approximate surface area is 89.1 Å². The SMILES string of the molecule is CC(C)(C)[C@@H](N)C(=O)Nc1cncnc1. The molecule has 0 fully saturated rings. The van der Waals surface area contributed by atoms with E-state index >= 15 is 0 Å². The standard InChI is InChI=1S/C10H16N4O/c1-10(2,3)8(11)9(15)14-7-4-12-6-13-5-7/h4-6,8H,11H2,1-3H3,(H,14,15)/t8-/m0/s1. The molecular formula is C10H16N4O. The summed E-state index contributed by atoms with van der Waals surface area (Å²) in [7, 11) is 0. The molecule has 5 heteroatoms. The molecule has 0 aliphatic rings. The van der Waals surface area contributed by atoms with Gasteiger partial charge in [-0.3, -0.25) is 4.79 Å². The highest BCUT2D eigenvalue weighted by molar-refractivity contribution is 5.94. The summed E-state index contributed by atoms with van der Waals surface area (Å²) >= 11 is 0. The number of amides is 1. The lowest BCUT2D eigenvalue weighted by molar-refractivity contribution is -0.119. The number of nitrogens with zero attached hydrogens (tertiary/aromatic N) is 2. The van der Waals surface area contributed by atoms with E-state index in [0.29, 0.717) is 5.69 Å². The van der Waals surface area contributed by atoms with Gasteiger partial charge in [0.25, 0.3) is 0 Å². The summed E-state index contributed by atoms with van der Waals surface area (Å²) < 4.78 is 0. The Morgan fingerprint density at radius 3 is 2.40 bits per heavy atom. The molecule has 82 valence electrons. The Hall–Kier alpha value is -1.49. The monoisotopic (exact) mass is 208 g/mol. The maximum atomic E-state index is 11.7. The topological polar surface area (TPSA) is 80.9 Å². The molecule has 1 aromatic heterocycles. The largest absolute Gasteiger partial charge is 0.322 e. The fraction of sp³-hybridized carbons (Fsp3) is 0.500. The van der Waals surface area contributed by atoms with Crippen LogP contribution in [-0.4, -0.2) is 21.9 Å². The second-order valence-electron chi connectivity index (χ2n) is 4.46. The average Bonchev–Trinajstić information content (AvgIpc) is 2.16. The number of hydrogen-bond donors (Lipinski definition) is 2. The summed E-state index contributed by atoms with van der Waals surface area (Å²) in [6.45, 7) is 5.75. The predicted molar refractivity (Wildman–Crippen MR) is 58.1 cm³/mol. The third kappa shape index (κ3) is 3.28. The van der Waals surface area contributed by atoms with E-state index in [0.717, 1.165) is 0 Å². The zero-order chi connectivity index (χ0) is 11.5. The van der Waals surface area contributed by atoms with Crippen molar-refractivity contribution in [3.8, 4) is 0 Å². The lowest BCUT2D eigenvalue weighted by atomic mass is 9.87. The van der Waals surface area contributed by atoms with Crippen LogP contribution in [0.25, 0.3) is 0 Å². The van der Waals surface area contributed by atoms with Crippen molar-refractivity contribution >= 4 is 11.6 Å². The van der Waals surface area contributed by atoms with Crippen LogP contribution in [0.1, 0.15) is 20.8 Å². The fourth-order valence-corrected chi connectivity index (χ4v) is 0.977. The molecule has 0 unspecified atom stereocenters. The van der Waals surface area contributed by atoms with E-state index in [-0.39, 0.29) is 11.3 Å². The molecule has 3 N–H and O–H groups in total. The first-order chi connectivity index (χ1) is 6.91. The predicted octanol–water partition coefficient (Wildman–Crippen LogP) is 0.788. The van der Waals surface area contributed by atoms with Gasteiger partial charge in [0.05, 0.1) is 24.1 Å². The van der Waals surface area contributed by atoms with Crippen LogP contribution in [-0.2, 0) is 4.79 Å². The molecule has 1 aromatic rings. The number of nitrogens with one attached hydrogen (secondary N) is 1. The normalized spacial score (nSPS) is 13.3. The molecule has 15 heavy (non-hydrogen) atoms. The van der Waals surface area contributed by atoms with Crippen molar-refractivity contribution in [3.63, 3.8) is 0 Å². The number of hydrogen-bond acceptors (Lipinski definition) is 4. The Kier molecular flexibility index (Phi) is 3.36. The Bertz CT molecular complexity index is 331. The van der Waals surface area contributed by atoms with Crippen LogP contribution in [0.2, 0.25) is 0 Å². The zero-order valence-corrected chi connectivity index (χ0v) is 9.19. The molecule has 0 saturated heterocycles. The number of carbonyl (C=O) groups is 1.